The van der Waals surface area contributed by atoms with Gasteiger partial charge in [-0.1, -0.05) is 77.7 Å². The molecule has 6 nitrogen and oxygen atoms in total. The van der Waals surface area contributed by atoms with Crippen LogP contribution in [-0.4, -0.2) is 32.2 Å². The number of aromatic nitrogens is 3. The molecule has 5 aromatic rings. The van der Waals surface area contributed by atoms with E-state index in [1.54, 1.807) is 0 Å². The van der Waals surface area contributed by atoms with E-state index in [0.29, 0.717) is 28.3 Å². The average molecular weight is 538 g/mol. The number of fused-ring (bicyclic) bond motifs is 2. The number of aliphatic hydroxyl groups excluding tert-OH is 1. The van der Waals surface area contributed by atoms with Crippen LogP contribution in [-0.2, 0) is 12.3 Å². The summed E-state index contributed by atoms with van der Waals surface area (Å²) in [6.45, 7) is 4.19. The van der Waals surface area contributed by atoms with E-state index in [4.69, 9.17) is 0 Å². The minimum Gasteiger partial charge on any atom is -0.394 e. The molecule has 190 valence electrons. The highest BCUT2D eigenvalue weighted by atomic mass is 32.2. The zero-order valence-corrected chi connectivity index (χ0v) is 21.9. The fraction of sp³-hybridized carbons (Fsp3) is 0.222. The van der Waals surface area contributed by atoms with Crippen LogP contribution in [0.1, 0.15) is 25.0 Å². The molecule has 5 rings (SSSR count). The van der Waals surface area contributed by atoms with Gasteiger partial charge in [0.25, 0.3) is 0 Å². The summed E-state index contributed by atoms with van der Waals surface area (Å²) in [5.74, 6) is -1.07. The quantitative estimate of drug-likeness (QED) is 0.144. The van der Waals surface area contributed by atoms with E-state index in [1.165, 1.54) is 46.0 Å². The molecule has 0 aliphatic carbocycles. The molecule has 0 fully saturated rings. The van der Waals surface area contributed by atoms with Crippen molar-refractivity contribution in [3.63, 3.8) is 0 Å². The molecule has 0 saturated heterocycles. The molecule has 2 heterocycles. The second-order valence-corrected chi connectivity index (χ2v) is 11.1. The molecule has 0 atom stereocenters. The van der Waals surface area contributed by atoms with Gasteiger partial charge in [0.05, 0.1) is 12.1 Å². The van der Waals surface area contributed by atoms with Gasteiger partial charge in [-0.2, -0.15) is 4.98 Å². The standard InChI is InChI=1S/C27H25F2N5OS2/c1-27(2,15-35)34-24-22-23(32-26(33-24)36-14-18-10-6-12-20(28)21(18)29)31-25(37-22)30-13-17-9-5-8-16-7-3-4-11-19(16)17/h3-12,35H,13-15H2,1-2H3,(H2,30,31,32,33,34). The molecule has 0 bridgehead atoms. The molecule has 0 aliphatic heterocycles. The van der Waals surface area contributed by atoms with Crippen LogP contribution in [0.15, 0.2) is 65.8 Å². The van der Waals surface area contributed by atoms with Crippen LogP contribution in [0.4, 0.5) is 19.7 Å². The van der Waals surface area contributed by atoms with E-state index < -0.39 is 17.2 Å². The van der Waals surface area contributed by atoms with Gasteiger partial charge in [-0.05, 0) is 36.2 Å². The second kappa shape index (κ2) is 10.6. The molecule has 37 heavy (non-hydrogen) atoms. The number of rotatable bonds is 9. The number of nitrogens with one attached hydrogen (secondary N) is 2. The lowest BCUT2D eigenvalue weighted by Crippen LogP contribution is -2.35. The van der Waals surface area contributed by atoms with E-state index in [-0.39, 0.29) is 17.9 Å². The van der Waals surface area contributed by atoms with Crippen molar-refractivity contribution >= 4 is 55.2 Å². The molecule has 3 N–H and O–H groups in total. The van der Waals surface area contributed by atoms with Gasteiger partial charge in [-0.3, -0.25) is 0 Å². The summed E-state index contributed by atoms with van der Waals surface area (Å²) in [6.07, 6.45) is 0. The number of anilines is 2. The zero-order valence-electron chi connectivity index (χ0n) is 20.3. The van der Waals surface area contributed by atoms with Crippen LogP contribution in [0.2, 0.25) is 0 Å². The molecule has 3 aromatic carbocycles. The first-order valence-electron chi connectivity index (χ1n) is 11.7. The molecular formula is C27H25F2N5OS2. The predicted molar refractivity (Wildman–Crippen MR) is 147 cm³/mol. The maximum Gasteiger partial charge on any atom is 0.191 e. The zero-order chi connectivity index (χ0) is 26.0. The van der Waals surface area contributed by atoms with Crippen molar-refractivity contribution in [3.05, 3.63) is 83.4 Å². The first-order chi connectivity index (χ1) is 17.8. The van der Waals surface area contributed by atoms with Gasteiger partial charge in [0.1, 0.15) is 4.70 Å². The Hall–Kier alpha value is -3.34. The highest BCUT2D eigenvalue weighted by Gasteiger charge is 2.22. The maximum atomic E-state index is 14.1. The van der Waals surface area contributed by atoms with E-state index in [9.17, 15) is 13.9 Å². The Morgan fingerprint density at radius 2 is 1.70 bits per heavy atom. The summed E-state index contributed by atoms with van der Waals surface area (Å²) in [4.78, 5) is 13.9. The van der Waals surface area contributed by atoms with Crippen molar-refractivity contribution in [1.29, 1.82) is 0 Å². The van der Waals surface area contributed by atoms with Crippen molar-refractivity contribution in [2.45, 2.75) is 36.8 Å². The molecule has 0 unspecified atom stereocenters. The number of nitrogens with zero attached hydrogens (tertiary/aromatic N) is 3. The lowest BCUT2D eigenvalue weighted by Gasteiger charge is -2.24. The van der Waals surface area contributed by atoms with Crippen molar-refractivity contribution < 1.29 is 13.9 Å². The van der Waals surface area contributed by atoms with Crippen LogP contribution in [0.25, 0.3) is 21.1 Å². The molecular weight excluding hydrogens is 512 g/mol. The largest absolute Gasteiger partial charge is 0.394 e. The van der Waals surface area contributed by atoms with Crippen LogP contribution < -0.4 is 10.6 Å². The maximum absolute atomic E-state index is 14.1. The van der Waals surface area contributed by atoms with E-state index in [1.807, 2.05) is 32.0 Å². The van der Waals surface area contributed by atoms with E-state index >= 15 is 0 Å². The molecule has 2 aromatic heterocycles. The second-order valence-electron chi connectivity index (χ2n) is 9.19. The minimum absolute atomic E-state index is 0.111. The summed E-state index contributed by atoms with van der Waals surface area (Å²) >= 11 is 2.61. The van der Waals surface area contributed by atoms with Gasteiger partial charge in [0.15, 0.2) is 33.4 Å². The first-order valence-corrected chi connectivity index (χ1v) is 13.5. The third-order valence-corrected chi connectivity index (χ3v) is 7.69. The highest BCUT2D eigenvalue weighted by Crippen LogP contribution is 2.34. The number of thiazole rings is 1. The summed E-state index contributed by atoms with van der Waals surface area (Å²) in [6, 6.07) is 18.5. The third kappa shape index (κ3) is 5.66. The summed E-state index contributed by atoms with van der Waals surface area (Å²) in [5, 5.41) is 19.9. The van der Waals surface area contributed by atoms with Gasteiger partial charge in [0.2, 0.25) is 0 Å². The Kier molecular flexibility index (Phi) is 7.23. The van der Waals surface area contributed by atoms with E-state index in [2.05, 4.69) is 49.9 Å². The van der Waals surface area contributed by atoms with Gasteiger partial charge in [-0.15, -0.1) is 0 Å². The average Bonchev–Trinajstić information content (AvgIpc) is 3.31. The van der Waals surface area contributed by atoms with Gasteiger partial charge in [-0.25, -0.2) is 18.7 Å². The fourth-order valence-corrected chi connectivity index (χ4v) is 5.47. The Bertz CT molecular complexity index is 1570. The van der Waals surface area contributed by atoms with E-state index in [0.717, 1.165) is 16.3 Å². The van der Waals surface area contributed by atoms with Crippen LogP contribution >= 0.6 is 23.1 Å². The number of hydrogen-bond donors (Lipinski definition) is 3. The minimum atomic E-state index is -0.886. The highest BCUT2D eigenvalue weighted by molar-refractivity contribution is 7.98. The number of aliphatic hydroxyl groups is 1. The number of benzene rings is 3. The molecule has 0 saturated carbocycles. The lowest BCUT2D eigenvalue weighted by atomic mass is 10.0. The fourth-order valence-electron chi connectivity index (χ4n) is 3.81. The summed E-state index contributed by atoms with van der Waals surface area (Å²) in [7, 11) is 0. The smallest absolute Gasteiger partial charge is 0.191 e. The first kappa shape index (κ1) is 25.3. The van der Waals surface area contributed by atoms with Crippen molar-refractivity contribution in [2.75, 3.05) is 17.2 Å². The predicted octanol–water partition coefficient (Wildman–Crippen LogP) is 6.60. The van der Waals surface area contributed by atoms with Crippen molar-refractivity contribution in [1.82, 2.24) is 15.0 Å². The normalized spacial score (nSPS) is 11.8. The Labute approximate surface area is 221 Å². The monoisotopic (exact) mass is 537 g/mol. The SMILES string of the molecule is CC(C)(CO)Nc1nc(SCc2cccc(F)c2F)nc2nc(NCc3cccc4ccccc34)sc12. The molecule has 0 aliphatic rings. The van der Waals surface area contributed by atoms with Gasteiger partial charge < -0.3 is 15.7 Å². The number of hydrogen-bond acceptors (Lipinski definition) is 8. The molecule has 0 spiro atoms. The van der Waals surface area contributed by atoms with Gasteiger partial charge >= 0.3 is 0 Å². The Morgan fingerprint density at radius 3 is 2.54 bits per heavy atom. The van der Waals surface area contributed by atoms with Crippen molar-refractivity contribution in [3.8, 4) is 0 Å². The Morgan fingerprint density at radius 1 is 0.946 bits per heavy atom. The molecule has 0 radical (unpaired) electrons. The Balaban J connectivity index is 1.44. The van der Waals surface area contributed by atoms with Crippen LogP contribution in [0.3, 0.4) is 0 Å². The molecule has 0 amide bonds. The molecule has 10 heteroatoms. The number of halogens is 2. The summed E-state index contributed by atoms with van der Waals surface area (Å²) < 4.78 is 28.5. The van der Waals surface area contributed by atoms with Crippen LogP contribution in [0.5, 0.6) is 0 Å². The number of thioether (sulfide) groups is 1. The van der Waals surface area contributed by atoms with Crippen LogP contribution in [0, 0.1) is 11.6 Å². The topological polar surface area (TPSA) is 83.0 Å². The lowest BCUT2D eigenvalue weighted by molar-refractivity contribution is 0.234. The summed E-state index contributed by atoms with van der Waals surface area (Å²) in [5.41, 5.74) is 1.23. The van der Waals surface area contributed by atoms with Crippen molar-refractivity contribution in [2.24, 2.45) is 0 Å². The van der Waals surface area contributed by atoms with Gasteiger partial charge in [0, 0.05) is 17.9 Å². The third-order valence-electron chi connectivity index (χ3n) is 5.78.